The summed E-state index contributed by atoms with van der Waals surface area (Å²) in [6, 6.07) is -0.000586. The van der Waals surface area contributed by atoms with E-state index in [9.17, 15) is 9.59 Å². The van der Waals surface area contributed by atoms with Gasteiger partial charge in [0.1, 0.15) is 6.04 Å². The fourth-order valence-electron chi connectivity index (χ4n) is 3.39. The van der Waals surface area contributed by atoms with Crippen molar-refractivity contribution in [1.29, 1.82) is 0 Å². The molecule has 0 aromatic heterocycles. The third-order valence-electron chi connectivity index (χ3n) is 4.37. The predicted octanol–water partition coefficient (Wildman–Crippen LogP) is 0.397. The van der Waals surface area contributed by atoms with Gasteiger partial charge in [-0.1, -0.05) is 11.8 Å². The Kier molecular flexibility index (Phi) is 3.23. The van der Waals surface area contributed by atoms with Crippen LogP contribution in [0.25, 0.3) is 0 Å². The lowest BCUT2D eigenvalue weighted by Gasteiger charge is -2.27. The van der Waals surface area contributed by atoms with E-state index >= 15 is 0 Å². The molecule has 1 saturated carbocycles. The number of nitrogens with one attached hydrogen (secondary N) is 1. The van der Waals surface area contributed by atoms with Gasteiger partial charge < -0.3 is 16.0 Å². The second-order valence-corrected chi connectivity index (χ2v) is 6.62. The summed E-state index contributed by atoms with van der Waals surface area (Å²) in [5.41, 5.74) is 5.99. The summed E-state index contributed by atoms with van der Waals surface area (Å²) in [7, 11) is 0. The Bertz CT molecular complexity index is 376. The molecular formula is C12H19N3O2S. The zero-order valence-electron chi connectivity index (χ0n) is 10.3. The van der Waals surface area contributed by atoms with Gasteiger partial charge >= 0.3 is 0 Å². The molecule has 4 atom stereocenters. The van der Waals surface area contributed by atoms with Crippen LogP contribution in [0.5, 0.6) is 0 Å². The molecule has 18 heavy (non-hydrogen) atoms. The summed E-state index contributed by atoms with van der Waals surface area (Å²) in [6.45, 7) is 1.68. The molecule has 5 nitrogen and oxygen atoms in total. The first-order valence-corrected chi connectivity index (χ1v) is 7.59. The minimum atomic E-state index is -0.309. The first-order chi connectivity index (χ1) is 8.63. The SMILES string of the molecule is NC1CC[C@H]2CN(C(=O)C3CSC(=O)N3)C[C@H]2C1. The number of carbonyl (C=O) groups is 2. The maximum atomic E-state index is 12.3. The summed E-state index contributed by atoms with van der Waals surface area (Å²) in [5, 5.41) is 2.65. The van der Waals surface area contributed by atoms with E-state index in [-0.39, 0.29) is 17.2 Å². The molecule has 3 rings (SSSR count). The van der Waals surface area contributed by atoms with E-state index in [1.807, 2.05) is 4.90 Å². The molecule has 1 aliphatic carbocycles. The van der Waals surface area contributed by atoms with Gasteiger partial charge in [-0.3, -0.25) is 9.59 Å². The van der Waals surface area contributed by atoms with Gasteiger partial charge in [0.05, 0.1) is 0 Å². The molecule has 2 amide bonds. The Labute approximate surface area is 111 Å². The van der Waals surface area contributed by atoms with Crippen LogP contribution >= 0.6 is 11.8 Å². The standard InChI is InChI=1S/C12H19N3O2S/c13-9-2-1-7-4-15(5-8(7)3-9)11(16)10-6-18-12(17)14-10/h7-10H,1-6,13H2,(H,14,17)/t7-,8+,9?,10?/m0/s1. The van der Waals surface area contributed by atoms with Crippen LogP contribution in [0.2, 0.25) is 0 Å². The highest BCUT2D eigenvalue weighted by atomic mass is 32.2. The second kappa shape index (κ2) is 4.74. The van der Waals surface area contributed by atoms with E-state index < -0.39 is 0 Å². The first kappa shape index (κ1) is 12.3. The molecular weight excluding hydrogens is 250 g/mol. The van der Waals surface area contributed by atoms with Gasteiger partial charge in [-0.2, -0.15) is 0 Å². The van der Waals surface area contributed by atoms with Crippen LogP contribution in [0.4, 0.5) is 4.79 Å². The molecule has 3 N–H and O–H groups in total. The number of fused-ring (bicyclic) bond motifs is 1. The highest BCUT2D eigenvalue weighted by Gasteiger charge is 2.41. The molecule has 0 aromatic rings. The lowest BCUT2D eigenvalue weighted by molar-refractivity contribution is -0.131. The number of hydrogen-bond acceptors (Lipinski definition) is 4. The molecule has 0 spiro atoms. The maximum Gasteiger partial charge on any atom is 0.279 e. The number of hydrogen-bond donors (Lipinski definition) is 2. The monoisotopic (exact) mass is 269 g/mol. The summed E-state index contributed by atoms with van der Waals surface area (Å²) >= 11 is 1.20. The smallest absolute Gasteiger partial charge is 0.279 e. The van der Waals surface area contributed by atoms with Gasteiger partial charge in [0.2, 0.25) is 5.91 Å². The molecule has 6 heteroatoms. The third-order valence-corrected chi connectivity index (χ3v) is 5.25. The molecule has 0 aromatic carbocycles. The number of nitrogens with zero attached hydrogens (tertiary/aromatic N) is 1. The molecule has 3 fully saturated rings. The Balaban J connectivity index is 1.61. The Morgan fingerprint density at radius 1 is 1.33 bits per heavy atom. The van der Waals surface area contributed by atoms with E-state index in [2.05, 4.69) is 5.32 Å². The molecule has 2 heterocycles. The minimum Gasteiger partial charge on any atom is -0.340 e. The molecule has 0 bridgehead atoms. The lowest BCUT2D eigenvalue weighted by atomic mass is 9.79. The Morgan fingerprint density at radius 2 is 2.11 bits per heavy atom. The number of nitrogens with two attached hydrogens (primary N) is 1. The normalized spacial score (nSPS) is 39.6. The van der Waals surface area contributed by atoms with Crippen molar-refractivity contribution in [3.05, 3.63) is 0 Å². The molecule has 3 aliphatic rings. The quantitative estimate of drug-likeness (QED) is 0.722. The Hall–Kier alpha value is -0.750. The topological polar surface area (TPSA) is 75.4 Å². The summed E-state index contributed by atoms with van der Waals surface area (Å²) in [5.74, 6) is 1.86. The van der Waals surface area contributed by atoms with E-state index in [0.29, 0.717) is 23.6 Å². The first-order valence-electron chi connectivity index (χ1n) is 6.61. The molecule has 2 unspecified atom stereocenters. The van der Waals surface area contributed by atoms with Crippen LogP contribution in [0.1, 0.15) is 19.3 Å². The average Bonchev–Trinajstić information content (AvgIpc) is 2.93. The highest BCUT2D eigenvalue weighted by molar-refractivity contribution is 8.14. The van der Waals surface area contributed by atoms with Gasteiger partial charge in [0.25, 0.3) is 5.24 Å². The fourth-order valence-corrected chi connectivity index (χ4v) is 4.16. The minimum absolute atomic E-state index is 0.0769. The number of rotatable bonds is 1. The van der Waals surface area contributed by atoms with E-state index in [4.69, 9.17) is 5.73 Å². The van der Waals surface area contributed by atoms with Crippen molar-refractivity contribution in [2.75, 3.05) is 18.8 Å². The Morgan fingerprint density at radius 3 is 2.83 bits per heavy atom. The number of thioether (sulfide) groups is 1. The summed E-state index contributed by atoms with van der Waals surface area (Å²) in [4.78, 5) is 25.4. The van der Waals surface area contributed by atoms with E-state index in [1.165, 1.54) is 11.8 Å². The predicted molar refractivity (Wildman–Crippen MR) is 70.2 cm³/mol. The largest absolute Gasteiger partial charge is 0.340 e. The molecule has 0 radical (unpaired) electrons. The average molecular weight is 269 g/mol. The third kappa shape index (κ3) is 2.23. The zero-order valence-corrected chi connectivity index (χ0v) is 11.1. The van der Waals surface area contributed by atoms with Gasteiger partial charge in [-0.25, -0.2) is 0 Å². The van der Waals surface area contributed by atoms with Crippen LogP contribution in [0.15, 0.2) is 0 Å². The van der Waals surface area contributed by atoms with Gasteiger partial charge in [-0.05, 0) is 31.1 Å². The van der Waals surface area contributed by atoms with Crippen LogP contribution in [0.3, 0.4) is 0 Å². The number of carbonyl (C=O) groups excluding carboxylic acids is 2. The summed E-state index contributed by atoms with van der Waals surface area (Å²) < 4.78 is 0. The van der Waals surface area contributed by atoms with Crippen LogP contribution in [-0.2, 0) is 4.79 Å². The van der Waals surface area contributed by atoms with Crippen molar-refractivity contribution in [2.24, 2.45) is 17.6 Å². The molecule has 2 saturated heterocycles. The van der Waals surface area contributed by atoms with E-state index in [1.54, 1.807) is 0 Å². The maximum absolute atomic E-state index is 12.3. The summed E-state index contributed by atoms with van der Waals surface area (Å²) in [6.07, 6.45) is 3.26. The van der Waals surface area contributed by atoms with Crippen LogP contribution in [0, 0.1) is 11.8 Å². The zero-order chi connectivity index (χ0) is 12.7. The number of amides is 2. The van der Waals surface area contributed by atoms with Crippen molar-refractivity contribution in [3.8, 4) is 0 Å². The van der Waals surface area contributed by atoms with Crippen LogP contribution < -0.4 is 11.1 Å². The van der Waals surface area contributed by atoms with Crippen LogP contribution in [-0.4, -0.2) is 47.0 Å². The lowest BCUT2D eigenvalue weighted by Crippen LogP contribution is -2.44. The van der Waals surface area contributed by atoms with Crippen molar-refractivity contribution in [1.82, 2.24) is 10.2 Å². The van der Waals surface area contributed by atoms with Crippen molar-refractivity contribution in [3.63, 3.8) is 0 Å². The molecule has 2 aliphatic heterocycles. The van der Waals surface area contributed by atoms with Crippen molar-refractivity contribution < 1.29 is 9.59 Å². The fraction of sp³-hybridized carbons (Fsp3) is 0.833. The van der Waals surface area contributed by atoms with Gasteiger partial charge in [-0.15, -0.1) is 0 Å². The van der Waals surface area contributed by atoms with Gasteiger partial charge in [0.15, 0.2) is 0 Å². The second-order valence-electron chi connectivity index (χ2n) is 5.63. The highest BCUT2D eigenvalue weighted by Crippen LogP contribution is 2.36. The van der Waals surface area contributed by atoms with E-state index in [0.717, 1.165) is 32.4 Å². The van der Waals surface area contributed by atoms with Crippen molar-refractivity contribution >= 4 is 22.9 Å². The molecule has 100 valence electrons. The number of likely N-dealkylation sites (tertiary alicyclic amines) is 1. The van der Waals surface area contributed by atoms with Gasteiger partial charge in [0, 0.05) is 24.9 Å². The van der Waals surface area contributed by atoms with Crippen molar-refractivity contribution in [2.45, 2.75) is 31.3 Å².